The van der Waals surface area contributed by atoms with Crippen molar-refractivity contribution in [3.05, 3.63) is 28.2 Å². The van der Waals surface area contributed by atoms with Crippen LogP contribution in [0.3, 0.4) is 0 Å². The summed E-state index contributed by atoms with van der Waals surface area (Å²) < 4.78 is 1.92. The minimum Gasteiger partial charge on any atom is -0.394 e. The SMILES string of the molecule is CCCc1ccc(N)c(=O)n1C1CCC1. The van der Waals surface area contributed by atoms with Crippen LogP contribution in [-0.2, 0) is 6.42 Å². The van der Waals surface area contributed by atoms with E-state index in [1.54, 1.807) is 6.07 Å². The van der Waals surface area contributed by atoms with Gasteiger partial charge in [0.15, 0.2) is 0 Å². The predicted octanol–water partition coefficient (Wildman–Crippen LogP) is 2.11. The molecule has 1 heterocycles. The van der Waals surface area contributed by atoms with Gasteiger partial charge in [0.05, 0.1) is 5.69 Å². The van der Waals surface area contributed by atoms with Gasteiger partial charge in [-0.25, -0.2) is 0 Å². The number of hydrogen-bond acceptors (Lipinski definition) is 2. The summed E-state index contributed by atoms with van der Waals surface area (Å²) >= 11 is 0. The number of anilines is 1. The van der Waals surface area contributed by atoms with E-state index in [9.17, 15) is 4.79 Å². The molecule has 2 rings (SSSR count). The molecule has 1 saturated carbocycles. The normalized spacial score (nSPS) is 16.3. The quantitative estimate of drug-likeness (QED) is 0.823. The summed E-state index contributed by atoms with van der Waals surface area (Å²) in [5, 5.41) is 0. The van der Waals surface area contributed by atoms with Crippen LogP contribution in [-0.4, -0.2) is 4.57 Å². The van der Waals surface area contributed by atoms with Crippen LogP contribution < -0.4 is 11.3 Å². The second kappa shape index (κ2) is 4.09. The van der Waals surface area contributed by atoms with Crippen molar-refractivity contribution in [1.29, 1.82) is 0 Å². The Bertz CT molecular complexity index is 405. The van der Waals surface area contributed by atoms with Crippen molar-refractivity contribution in [2.45, 2.75) is 45.1 Å². The highest BCUT2D eigenvalue weighted by Gasteiger charge is 2.22. The average molecular weight is 206 g/mol. The summed E-state index contributed by atoms with van der Waals surface area (Å²) in [6.07, 6.45) is 5.51. The van der Waals surface area contributed by atoms with E-state index in [0.29, 0.717) is 11.7 Å². The zero-order chi connectivity index (χ0) is 10.8. The maximum atomic E-state index is 11.9. The minimum atomic E-state index is 0.00523. The largest absolute Gasteiger partial charge is 0.394 e. The van der Waals surface area contributed by atoms with E-state index in [0.717, 1.165) is 31.4 Å². The molecule has 0 spiro atoms. The van der Waals surface area contributed by atoms with E-state index in [1.165, 1.54) is 6.42 Å². The molecule has 1 aromatic rings. The Morgan fingerprint density at radius 2 is 2.20 bits per heavy atom. The number of rotatable bonds is 3. The van der Waals surface area contributed by atoms with Crippen LogP contribution in [0, 0.1) is 0 Å². The molecule has 1 fully saturated rings. The van der Waals surface area contributed by atoms with Crippen LogP contribution in [0.15, 0.2) is 16.9 Å². The van der Waals surface area contributed by atoms with E-state index in [1.807, 2.05) is 10.6 Å². The fraction of sp³-hybridized carbons (Fsp3) is 0.583. The first-order valence-corrected chi connectivity index (χ1v) is 5.74. The van der Waals surface area contributed by atoms with Crippen molar-refractivity contribution in [2.75, 3.05) is 5.73 Å². The lowest BCUT2D eigenvalue weighted by Gasteiger charge is -2.30. The van der Waals surface area contributed by atoms with E-state index in [2.05, 4.69) is 6.92 Å². The zero-order valence-corrected chi connectivity index (χ0v) is 9.20. The summed E-state index contributed by atoms with van der Waals surface area (Å²) in [7, 11) is 0. The first-order valence-electron chi connectivity index (χ1n) is 5.74. The second-order valence-electron chi connectivity index (χ2n) is 4.29. The number of aryl methyl sites for hydroxylation is 1. The maximum Gasteiger partial charge on any atom is 0.274 e. The van der Waals surface area contributed by atoms with Gasteiger partial charge >= 0.3 is 0 Å². The Kier molecular flexibility index (Phi) is 2.80. The summed E-state index contributed by atoms with van der Waals surface area (Å²) in [5.41, 5.74) is 7.19. The van der Waals surface area contributed by atoms with Gasteiger partial charge in [0, 0.05) is 11.7 Å². The molecule has 0 radical (unpaired) electrons. The number of nitrogens with two attached hydrogens (primary N) is 1. The van der Waals surface area contributed by atoms with Gasteiger partial charge in [0.25, 0.3) is 5.56 Å². The Labute approximate surface area is 89.9 Å². The molecule has 2 N–H and O–H groups in total. The van der Waals surface area contributed by atoms with Crippen molar-refractivity contribution < 1.29 is 0 Å². The number of nitrogens with zero attached hydrogens (tertiary/aromatic N) is 1. The van der Waals surface area contributed by atoms with E-state index >= 15 is 0 Å². The lowest BCUT2D eigenvalue weighted by atomic mass is 9.92. The van der Waals surface area contributed by atoms with Crippen LogP contribution in [0.5, 0.6) is 0 Å². The maximum absolute atomic E-state index is 11.9. The van der Waals surface area contributed by atoms with Crippen molar-refractivity contribution in [3.63, 3.8) is 0 Å². The Morgan fingerprint density at radius 3 is 2.73 bits per heavy atom. The molecule has 1 aliphatic carbocycles. The molecule has 0 atom stereocenters. The first-order chi connectivity index (χ1) is 7.24. The molecule has 0 bridgehead atoms. The van der Waals surface area contributed by atoms with Gasteiger partial charge in [0.2, 0.25) is 0 Å². The molecule has 0 unspecified atom stereocenters. The smallest absolute Gasteiger partial charge is 0.274 e. The van der Waals surface area contributed by atoms with Crippen molar-refractivity contribution in [1.82, 2.24) is 4.57 Å². The van der Waals surface area contributed by atoms with Crippen molar-refractivity contribution >= 4 is 5.69 Å². The van der Waals surface area contributed by atoms with Gasteiger partial charge < -0.3 is 10.3 Å². The summed E-state index contributed by atoms with van der Waals surface area (Å²) in [4.78, 5) is 11.9. The molecule has 0 aromatic carbocycles. The lowest BCUT2D eigenvalue weighted by molar-refractivity contribution is 0.299. The van der Waals surface area contributed by atoms with Crippen molar-refractivity contribution in [3.8, 4) is 0 Å². The fourth-order valence-corrected chi connectivity index (χ4v) is 2.11. The highest BCUT2D eigenvalue weighted by molar-refractivity contribution is 5.36. The first kappa shape index (κ1) is 10.3. The van der Waals surface area contributed by atoms with E-state index in [4.69, 9.17) is 5.73 Å². The topological polar surface area (TPSA) is 48.0 Å². The molecule has 3 heteroatoms. The molecule has 0 aliphatic heterocycles. The number of aromatic nitrogens is 1. The molecular weight excluding hydrogens is 188 g/mol. The Hall–Kier alpha value is -1.25. The Balaban J connectivity index is 2.45. The minimum absolute atomic E-state index is 0.00523. The monoisotopic (exact) mass is 206 g/mol. The van der Waals surface area contributed by atoms with Crippen LogP contribution in [0.2, 0.25) is 0 Å². The molecule has 1 aliphatic rings. The second-order valence-corrected chi connectivity index (χ2v) is 4.29. The molecule has 1 aromatic heterocycles. The van der Waals surface area contributed by atoms with E-state index in [-0.39, 0.29) is 5.56 Å². The number of hydrogen-bond donors (Lipinski definition) is 1. The highest BCUT2D eigenvalue weighted by atomic mass is 16.1. The van der Waals surface area contributed by atoms with Gasteiger partial charge in [-0.05, 0) is 37.8 Å². The van der Waals surface area contributed by atoms with Gasteiger partial charge in [-0.1, -0.05) is 13.3 Å². The molecule has 0 saturated heterocycles. The molecule has 0 amide bonds. The van der Waals surface area contributed by atoms with Gasteiger partial charge in [-0.15, -0.1) is 0 Å². The summed E-state index contributed by atoms with van der Waals surface area (Å²) in [6, 6.07) is 4.14. The van der Waals surface area contributed by atoms with Crippen LogP contribution in [0.25, 0.3) is 0 Å². The number of nitrogen functional groups attached to an aromatic ring is 1. The lowest BCUT2D eigenvalue weighted by Crippen LogP contribution is -2.32. The summed E-state index contributed by atoms with van der Waals surface area (Å²) in [5.74, 6) is 0. The number of pyridine rings is 1. The zero-order valence-electron chi connectivity index (χ0n) is 9.20. The van der Waals surface area contributed by atoms with Gasteiger partial charge in [-0.3, -0.25) is 4.79 Å². The third kappa shape index (κ3) is 1.78. The fourth-order valence-electron chi connectivity index (χ4n) is 2.11. The molecular formula is C12H18N2O. The average Bonchev–Trinajstić information content (AvgIpc) is 2.14. The van der Waals surface area contributed by atoms with E-state index < -0.39 is 0 Å². The third-order valence-electron chi connectivity index (χ3n) is 3.18. The summed E-state index contributed by atoms with van der Waals surface area (Å²) in [6.45, 7) is 2.13. The highest BCUT2D eigenvalue weighted by Crippen LogP contribution is 2.31. The van der Waals surface area contributed by atoms with Gasteiger partial charge in [0.1, 0.15) is 0 Å². The van der Waals surface area contributed by atoms with Crippen LogP contribution >= 0.6 is 0 Å². The predicted molar refractivity (Wildman–Crippen MR) is 62.0 cm³/mol. The van der Waals surface area contributed by atoms with Crippen LogP contribution in [0.4, 0.5) is 5.69 Å². The standard InChI is InChI=1S/C12H18N2O/c1-2-4-9-7-8-11(13)12(15)14(9)10-5-3-6-10/h7-8,10H,2-6,13H2,1H3. The van der Waals surface area contributed by atoms with Gasteiger partial charge in [-0.2, -0.15) is 0 Å². The Morgan fingerprint density at radius 1 is 1.47 bits per heavy atom. The van der Waals surface area contributed by atoms with Crippen LogP contribution in [0.1, 0.15) is 44.3 Å². The molecule has 3 nitrogen and oxygen atoms in total. The molecule has 82 valence electrons. The van der Waals surface area contributed by atoms with Crippen molar-refractivity contribution in [2.24, 2.45) is 0 Å². The third-order valence-corrected chi connectivity index (χ3v) is 3.18. The molecule has 15 heavy (non-hydrogen) atoms.